The van der Waals surface area contributed by atoms with Gasteiger partial charge in [0.15, 0.2) is 17.2 Å². The second-order valence-electron chi connectivity index (χ2n) is 8.13. The SMILES string of the molecule is CC(=O)OCC1O[C@H](Sc2cc(Cl)c(Cl)c(Cl)c2)C(OC(C)=O)C(n2cc(-c3nncs3)nn2)[C@H]1OC(C)=O. The van der Waals surface area contributed by atoms with Crippen LogP contribution in [0.4, 0.5) is 0 Å². The molecule has 17 heteroatoms. The molecule has 0 spiro atoms. The number of carbonyl (C=O) groups excluding carboxylic acids is 3. The van der Waals surface area contributed by atoms with Gasteiger partial charge in [0.05, 0.1) is 21.3 Å². The second-order valence-corrected chi connectivity index (χ2v) is 11.3. The number of nitrogens with zero attached hydrogens (tertiary/aromatic N) is 5. The summed E-state index contributed by atoms with van der Waals surface area (Å²) in [5.74, 6) is -1.84. The van der Waals surface area contributed by atoms with E-state index in [2.05, 4.69) is 20.5 Å². The van der Waals surface area contributed by atoms with Gasteiger partial charge >= 0.3 is 17.9 Å². The number of esters is 3. The van der Waals surface area contributed by atoms with Crippen molar-refractivity contribution in [1.82, 2.24) is 25.2 Å². The van der Waals surface area contributed by atoms with Crippen LogP contribution in [0.2, 0.25) is 15.1 Å². The van der Waals surface area contributed by atoms with Crippen LogP contribution >= 0.6 is 57.9 Å². The first-order valence-corrected chi connectivity index (χ1v) is 14.1. The molecule has 3 unspecified atom stereocenters. The Morgan fingerprint density at radius 1 is 1.03 bits per heavy atom. The van der Waals surface area contributed by atoms with Crippen LogP contribution in [0.25, 0.3) is 10.7 Å². The van der Waals surface area contributed by atoms with E-state index in [0.717, 1.165) is 11.8 Å². The first-order valence-electron chi connectivity index (χ1n) is 11.2. The van der Waals surface area contributed by atoms with Crippen LogP contribution < -0.4 is 0 Å². The van der Waals surface area contributed by atoms with Crippen LogP contribution in [0.3, 0.4) is 0 Å². The Kier molecular flexibility index (Phi) is 9.67. The minimum atomic E-state index is -1.11. The third kappa shape index (κ3) is 7.18. The Bertz CT molecular complexity index is 1340. The van der Waals surface area contributed by atoms with Gasteiger partial charge in [-0.05, 0) is 12.1 Å². The molecule has 3 heterocycles. The number of carbonyl (C=O) groups is 3. The van der Waals surface area contributed by atoms with E-state index in [1.807, 2.05) is 0 Å². The van der Waals surface area contributed by atoms with Gasteiger partial charge in [0, 0.05) is 25.7 Å². The lowest BCUT2D eigenvalue weighted by molar-refractivity contribution is -0.212. The second kappa shape index (κ2) is 12.8. The molecule has 39 heavy (non-hydrogen) atoms. The normalized spacial score (nSPS) is 22.8. The predicted molar refractivity (Wildman–Crippen MR) is 142 cm³/mol. The quantitative estimate of drug-likeness (QED) is 0.198. The van der Waals surface area contributed by atoms with Gasteiger partial charge in [-0.3, -0.25) is 14.4 Å². The van der Waals surface area contributed by atoms with Crippen molar-refractivity contribution in [3.05, 3.63) is 38.9 Å². The molecular formula is C22H20Cl3N5O7S2. The lowest BCUT2D eigenvalue weighted by Gasteiger charge is -2.44. The van der Waals surface area contributed by atoms with Crippen LogP contribution in [0.1, 0.15) is 26.8 Å². The number of ether oxygens (including phenoxy) is 4. The monoisotopic (exact) mass is 635 g/mol. The van der Waals surface area contributed by atoms with Crippen LogP contribution in [-0.4, -0.2) is 73.5 Å². The number of rotatable bonds is 8. The summed E-state index contributed by atoms with van der Waals surface area (Å²) >= 11 is 20.9. The molecule has 0 bridgehead atoms. The topological polar surface area (TPSA) is 145 Å². The molecule has 1 aromatic carbocycles. The van der Waals surface area contributed by atoms with Crippen molar-refractivity contribution in [2.24, 2.45) is 0 Å². The Morgan fingerprint density at radius 2 is 1.69 bits per heavy atom. The molecule has 0 saturated carbocycles. The molecule has 3 aromatic rings. The molecular weight excluding hydrogens is 617 g/mol. The van der Waals surface area contributed by atoms with Crippen LogP contribution in [0.5, 0.6) is 0 Å². The van der Waals surface area contributed by atoms with E-state index >= 15 is 0 Å². The Hall–Kier alpha value is -2.49. The van der Waals surface area contributed by atoms with Gasteiger partial charge in [-0.15, -0.1) is 15.3 Å². The lowest BCUT2D eigenvalue weighted by Crippen LogP contribution is -2.57. The van der Waals surface area contributed by atoms with E-state index in [1.54, 1.807) is 18.3 Å². The third-order valence-corrected chi connectivity index (χ3v) is 8.31. The molecule has 0 amide bonds. The van der Waals surface area contributed by atoms with Crippen molar-refractivity contribution in [1.29, 1.82) is 0 Å². The molecule has 2 aromatic heterocycles. The van der Waals surface area contributed by atoms with Crippen molar-refractivity contribution in [2.75, 3.05) is 6.61 Å². The summed E-state index contributed by atoms with van der Waals surface area (Å²) in [6, 6.07) is 2.19. The summed E-state index contributed by atoms with van der Waals surface area (Å²) < 4.78 is 24.2. The van der Waals surface area contributed by atoms with Crippen LogP contribution in [0.15, 0.2) is 28.7 Å². The van der Waals surface area contributed by atoms with Gasteiger partial charge in [-0.1, -0.05) is 63.1 Å². The number of halogens is 3. The molecule has 0 N–H and O–H groups in total. The lowest BCUT2D eigenvalue weighted by atomic mass is 9.96. The predicted octanol–water partition coefficient (Wildman–Crippen LogP) is 4.24. The van der Waals surface area contributed by atoms with E-state index < -0.39 is 47.7 Å². The highest BCUT2D eigenvalue weighted by atomic mass is 35.5. The largest absolute Gasteiger partial charge is 0.463 e. The Labute approximate surface area is 245 Å². The van der Waals surface area contributed by atoms with E-state index in [9.17, 15) is 14.4 Å². The Morgan fingerprint density at radius 3 is 2.28 bits per heavy atom. The van der Waals surface area contributed by atoms with Crippen molar-refractivity contribution in [2.45, 2.75) is 55.5 Å². The molecule has 5 atom stereocenters. The van der Waals surface area contributed by atoms with Crippen molar-refractivity contribution in [3.63, 3.8) is 0 Å². The minimum Gasteiger partial charge on any atom is -0.463 e. The maximum atomic E-state index is 12.3. The molecule has 4 rings (SSSR count). The fourth-order valence-corrected chi connectivity index (χ4v) is 6.24. The van der Waals surface area contributed by atoms with Crippen molar-refractivity contribution >= 4 is 75.8 Å². The molecule has 12 nitrogen and oxygen atoms in total. The molecule has 1 fully saturated rings. The number of aromatic nitrogens is 5. The molecule has 1 aliphatic rings. The van der Waals surface area contributed by atoms with Crippen molar-refractivity contribution in [3.8, 4) is 10.7 Å². The van der Waals surface area contributed by atoms with Crippen molar-refractivity contribution < 1.29 is 33.3 Å². The van der Waals surface area contributed by atoms with E-state index in [1.165, 1.54) is 42.3 Å². The van der Waals surface area contributed by atoms with E-state index in [-0.39, 0.29) is 21.7 Å². The van der Waals surface area contributed by atoms with Crippen LogP contribution in [0, 0.1) is 0 Å². The van der Waals surface area contributed by atoms with Gasteiger partial charge in [0.25, 0.3) is 0 Å². The average molecular weight is 637 g/mol. The first-order chi connectivity index (χ1) is 18.5. The maximum Gasteiger partial charge on any atom is 0.303 e. The third-order valence-electron chi connectivity index (χ3n) is 5.28. The number of hydrogen-bond donors (Lipinski definition) is 0. The van der Waals surface area contributed by atoms with Gasteiger partial charge < -0.3 is 18.9 Å². The smallest absolute Gasteiger partial charge is 0.303 e. The summed E-state index contributed by atoms with van der Waals surface area (Å²) in [4.78, 5) is 36.6. The zero-order valence-corrected chi connectivity index (χ0v) is 24.3. The first kappa shape index (κ1) is 29.5. The summed E-state index contributed by atoms with van der Waals surface area (Å²) in [6.45, 7) is 3.41. The Balaban J connectivity index is 1.80. The summed E-state index contributed by atoms with van der Waals surface area (Å²) in [5, 5.41) is 17.3. The summed E-state index contributed by atoms with van der Waals surface area (Å²) in [7, 11) is 0. The summed E-state index contributed by atoms with van der Waals surface area (Å²) in [6.07, 6.45) is -1.61. The molecule has 1 aliphatic heterocycles. The highest BCUT2D eigenvalue weighted by molar-refractivity contribution is 7.99. The van der Waals surface area contributed by atoms with Gasteiger partial charge in [0.2, 0.25) is 0 Å². The zero-order valence-electron chi connectivity index (χ0n) is 20.4. The number of benzene rings is 1. The highest BCUT2D eigenvalue weighted by Gasteiger charge is 2.52. The van der Waals surface area contributed by atoms with E-state index in [4.69, 9.17) is 53.8 Å². The molecule has 208 valence electrons. The summed E-state index contributed by atoms with van der Waals surface area (Å²) in [5.41, 5.74) is 0.994. The number of thioether (sulfide) groups is 1. The zero-order chi connectivity index (χ0) is 28.3. The van der Waals surface area contributed by atoms with E-state index in [0.29, 0.717) is 15.6 Å². The fraction of sp³-hybridized carbons (Fsp3) is 0.409. The molecule has 0 aliphatic carbocycles. The van der Waals surface area contributed by atoms with Gasteiger partial charge in [-0.25, -0.2) is 4.68 Å². The standard InChI is InChI=1S/C22H20Cl3N5O7S2/c1-9(31)34-7-16-19(35-10(2)32)18(30-6-15(27-29-30)21-28-26-8-38-21)20(36-11(3)33)22(37-16)39-12-4-13(23)17(25)14(24)5-12/h4-6,8,16,18-20,22H,7H2,1-3H3/t16?,18?,19-,20?,22+/m0/s1. The molecule has 1 saturated heterocycles. The molecule has 0 radical (unpaired) electrons. The van der Waals surface area contributed by atoms with Crippen LogP contribution in [-0.2, 0) is 33.3 Å². The minimum absolute atomic E-state index is 0.177. The highest BCUT2D eigenvalue weighted by Crippen LogP contribution is 2.43. The van der Waals surface area contributed by atoms with Gasteiger partial charge in [0.1, 0.15) is 35.4 Å². The average Bonchev–Trinajstić information content (AvgIpc) is 3.55. The number of hydrogen-bond acceptors (Lipinski definition) is 13. The fourth-order valence-electron chi connectivity index (χ4n) is 3.82. The van der Waals surface area contributed by atoms with Gasteiger partial charge in [-0.2, -0.15) is 0 Å². The maximum absolute atomic E-state index is 12.3.